The maximum atomic E-state index is 2.49. The molecular formula is C98H65N5. The summed E-state index contributed by atoms with van der Waals surface area (Å²) in [6.45, 7) is 0. The molecule has 20 aromatic rings. The number of hydrogen-bond donors (Lipinski definition) is 0. The van der Waals surface area contributed by atoms with Gasteiger partial charge in [0.25, 0.3) is 0 Å². The van der Waals surface area contributed by atoms with Crippen molar-refractivity contribution in [1.82, 2.24) is 13.7 Å². The van der Waals surface area contributed by atoms with Crippen LogP contribution in [0.3, 0.4) is 0 Å². The highest BCUT2D eigenvalue weighted by molar-refractivity contribution is 6.16. The second-order valence-electron chi connectivity index (χ2n) is 26.8. The van der Waals surface area contributed by atoms with Crippen molar-refractivity contribution in [2.45, 2.75) is 0 Å². The number of para-hydroxylation sites is 3. The lowest BCUT2D eigenvalue weighted by Crippen LogP contribution is -2.10. The molecule has 0 saturated heterocycles. The maximum absolute atomic E-state index is 2.49. The fourth-order valence-electron chi connectivity index (χ4n) is 16.1. The lowest BCUT2D eigenvalue weighted by atomic mass is 9.99. The summed E-state index contributed by atoms with van der Waals surface area (Å²) in [6.07, 6.45) is 0. The molecule has 0 bridgehead atoms. The van der Waals surface area contributed by atoms with Gasteiger partial charge in [0, 0.05) is 82.9 Å². The van der Waals surface area contributed by atoms with Gasteiger partial charge in [-0.25, -0.2) is 0 Å². The smallest absolute Gasteiger partial charge is 0.0542 e. The average molecular weight is 1310 g/mol. The third-order valence-electron chi connectivity index (χ3n) is 21.0. The Morgan fingerprint density at radius 3 is 0.709 bits per heavy atom. The van der Waals surface area contributed by atoms with E-state index in [1.807, 2.05) is 0 Å². The fraction of sp³-hybridized carbons (Fsp3) is 0. The second-order valence-corrected chi connectivity index (χ2v) is 26.8. The molecule has 0 spiro atoms. The Bertz CT molecular complexity index is 6240. The summed E-state index contributed by atoms with van der Waals surface area (Å²) in [7, 11) is 0. The fourth-order valence-corrected chi connectivity index (χ4v) is 16.1. The van der Waals surface area contributed by atoms with E-state index in [9.17, 15) is 0 Å². The minimum Gasteiger partial charge on any atom is -0.310 e. The van der Waals surface area contributed by atoms with E-state index in [-0.39, 0.29) is 0 Å². The molecule has 0 unspecified atom stereocenters. The largest absolute Gasteiger partial charge is 0.310 e. The molecule has 3 heterocycles. The van der Waals surface area contributed by atoms with Gasteiger partial charge in [0.05, 0.1) is 44.5 Å². The molecule has 0 radical (unpaired) electrons. The van der Waals surface area contributed by atoms with Gasteiger partial charge in [0.1, 0.15) is 0 Å². The number of fused-ring (bicyclic) bond motifs is 11. The van der Waals surface area contributed by atoms with Crippen LogP contribution in [0.2, 0.25) is 0 Å². The minimum atomic E-state index is 1.05. The normalized spacial score (nSPS) is 11.7. The van der Waals surface area contributed by atoms with Gasteiger partial charge in [0.15, 0.2) is 0 Å². The zero-order valence-corrected chi connectivity index (χ0v) is 56.3. The quantitative estimate of drug-likeness (QED) is 0.115. The van der Waals surface area contributed by atoms with Crippen LogP contribution >= 0.6 is 0 Å². The first-order valence-electron chi connectivity index (χ1n) is 35.4. The van der Waals surface area contributed by atoms with Crippen molar-refractivity contribution < 1.29 is 0 Å². The summed E-state index contributed by atoms with van der Waals surface area (Å²) in [4.78, 5) is 4.98. The van der Waals surface area contributed by atoms with Gasteiger partial charge in [-0.3, -0.25) is 0 Å². The van der Waals surface area contributed by atoms with Crippen LogP contribution in [0.1, 0.15) is 0 Å². The molecule has 17 aromatic carbocycles. The predicted octanol–water partition coefficient (Wildman–Crippen LogP) is 26.9. The molecule has 0 amide bonds. The molecule has 0 aliphatic carbocycles. The Morgan fingerprint density at radius 1 is 0.155 bits per heavy atom. The number of nitrogens with zero attached hydrogens (tertiary/aromatic N) is 5. The molecule has 103 heavy (non-hydrogen) atoms. The lowest BCUT2D eigenvalue weighted by molar-refractivity contribution is 1.18. The zero-order chi connectivity index (χ0) is 67.9. The Hall–Kier alpha value is -13.7. The van der Waals surface area contributed by atoms with Crippen LogP contribution in [-0.4, -0.2) is 13.7 Å². The number of hydrogen-bond acceptors (Lipinski definition) is 2. The summed E-state index contributed by atoms with van der Waals surface area (Å²) in [6, 6.07) is 145. The summed E-state index contributed by atoms with van der Waals surface area (Å²) in [5, 5.41) is 11.6. The van der Waals surface area contributed by atoms with Crippen molar-refractivity contribution in [2.24, 2.45) is 0 Å². The standard InChI is InChI=1S/C98H65N5/c1-6-22-66(23-7-1)68-40-44-70(45-41-68)74-48-54-93-85(60-74)87-62-79(50-56-95(87)101(93)76-30-10-3-11-31-76)99(91-38-20-28-72-26-16-18-36-83(72)91)81-52-58-97-89(64-81)90-65-82(53-59-98(90)103(97)78-34-14-5-15-35-78)100(92-39-21-29-73-27-17-19-37-84(73)92)80-51-57-96-88(63-80)86-61-75(49-55-94(86)102(96)77-32-12-4-13-33-77)71-46-42-69(43-47-71)67-24-8-2-9-25-67/h1-65H. The molecule has 0 atom stereocenters. The molecule has 5 heteroatoms. The van der Waals surface area contributed by atoms with Crippen molar-refractivity contribution in [3.8, 4) is 61.6 Å². The van der Waals surface area contributed by atoms with Gasteiger partial charge in [0.2, 0.25) is 0 Å². The monoisotopic (exact) mass is 1310 g/mol. The van der Waals surface area contributed by atoms with Crippen molar-refractivity contribution >= 4 is 121 Å². The van der Waals surface area contributed by atoms with Crippen molar-refractivity contribution in [3.63, 3.8) is 0 Å². The molecule has 5 nitrogen and oxygen atoms in total. The SMILES string of the molecule is c1ccc(-c2ccc(-c3ccc4c(c3)c3cc(N(c5ccc6c(c5)c5cc(N(c7ccc8c(c7)c7cc(-c9ccc(-c%10ccccc%10)cc9)ccc7n8-c7ccccc7)c7cccc8ccccc78)ccc5n6-c5ccccc5)c5cccc6ccccc56)ccc3n4-c3ccccc3)cc2)cc1. The highest BCUT2D eigenvalue weighted by Gasteiger charge is 2.25. The molecule has 3 aromatic heterocycles. The second kappa shape index (κ2) is 24.6. The Labute approximate surface area is 596 Å². The maximum Gasteiger partial charge on any atom is 0.0542 e. The van der Waals surface area contributed by atoms with Gasteiger partial charge in [-0.15, -0.1) is 0 Å². The van der Waals surface area contributed by atoms with E-state index in [0.717, 1.165) is 106 Å². The minimum absolute atomic E-state index is 1.05. The summed E-state index contributed by atoms with van der Waals surface area (Å²) >= 11 is 0. The van der Waals surface area contributed by atoms with Crippen molar-refractivity contribution in [1.29, 1.82) is 0 Å². The van der Waals surface area contributed by atoms with E-state index < -0.39 is 0 Å². The first-order valence-corrected chi connectivity index (χ1v) is 35.4. The predicted molar refractivity (Wildman–Crippen MR) is 436 cm³/mol. The number of aromatic nitrogens is 3. The van der Waals surface area contributed by atoms with E-state index in [2.05, 4.69) is 418 Å². The van der Waals surface area contributed by atoms with Crippen LogP contribution in [0, 0.1) is 0 Å². The van der Waals surface area contributed by atoms with E-state index in [4.69, 9.17) is 0 Å². The van der Waals surface area contributed by atoms with Gasteiger partial charge in [-0.2, -0.15) is 0 Å². The van der Waals surface area contributed by atoms with E-state index in [1.54, 1.807) is 0 Å². The van der Waals surface area contributed by atoms with Gasteiger partial charge in [-0.1, -0.05) is 249 Å². The highest BCUT2D eigenvalue weighted by atomic mass is 15.2. The average Bonchev–Trinajstić information content (AvgIpc) is 1.62. The Kier molecular flexibility index (Phi) is 14.2. The molecule has 0 aliphatic rings. The van der Waals surface area contributed by atoms with Gasteiger partial charge < -0.3 is 23.5 Å². The number of benzene rings is 17. The molecular weight excluding hydrogens is 1250 g/mol. The van der Waals surface area contributed by atoms with E-state index in [0.29, 0.717) is 0 Å². The zero-order valence-electron chi connectivity index (χ0n) is 56.3. The van der Waals surface area contributed by atoms with Crippen LogP contribution in [0.25, 0.3) is 149 Å². The third-order valence-corrected chi connectivity index (χ3v) is 21.0. The van der Waals surface area contributed by atoms with Crippen LogP contribution in [0.15, 0.2) is 394 Å². The van der Waals surface area contributed by atoms with Crippen molar-refractivity contribution in [2.75, 3.05) is 9.80 Å². The van der Waals surface area contributed by atoms with Crippen LogP contribution in [0.5, 0.6) is 0 Å². The number of rotatable bonds is 13. The molecule has 0 fully saturated rings. The molecule has 0 saturated carbocycles. The summed E-state index contributed by atoms with van der Waals surface area (Å²) < 4.78 is 7.29. The van der Waals surface area contributed by atoms with Crippen molar-refractivity contribution in [3.05, 3.63) is 394 Å². The first-order chi connectivity index (χ1) is 51.1. The molecule has 0 aliphatic heterocycles. The van der Waals surface area contributed by atoms with Crippen LogP contribution in [-0.2, 0) is 0 Å². The van der Waals surface area contributed by atoms with Gasteiger partial charge >= 0.3 is 0 Å². The Balaban J connectivity index is 0.792. The topological polar surface area (TPSA) is 21.3 Å². The van der Waals surface area contributed by atoms with E-state index in [1.165, 1.54) is 76.8 Å². The van der Waals surface area contributed by atoms with Crippen LogP contribution in [0.4, 0.5) is 34.1 Å². The summed E-state index contributed by atoms with van der Waals surface area (Å²) in [5.41, 5.74) is 26.0. The number of anilines is 6. The third kappa shape index (κ3) is 10.2. The van der Waals surface area contributed by atoms with Gasteiger partial charge in [-0.05, 0) is 201 Å². The lowest BCUT2D eigenvalue weighted by Gasteiger charge is -2.27. The van der Waals surface area contributed by atoms with E-state index >= 15 is 0 Å². The summed E-state index contributed by atoms with van der Waals surface area (Å²) in [5.74, 6) is 0. The molecule has 482 valence electrons. The molecule has 0 N–H and O–H groups in total. The highest BCUT2D eigenvalue weighted by Crippen LogP contribution is 2.49. The molecule has 20 rings (SSSR count). The first kappa shape index (κ1) is 59.3. The Morgan fingerprint density at radius 2 is 0.388 bits per heavy atom. The van der Waals surface area contributed by atoms with Crippen LogP contribution < -0.4 is 9.80 Å².